The zero-order valence-corrected chi connectivity index (χ0v) is 8.57. The van der Waals surface area contributed by atoms with Gasteiger partial charge in [0.1, 0.15) is 0 Å². The van der Waals surface area contributed by atoms with Crippen LogP contribution < -0.4 is 0 Å². The van der Waals surface area contributed by atoms with Crippen LogP contribution in [0.4, 0.5) is 0 Å². The number of aliphatic hydroxyl groups excluding tert-OH is 1. The highest BCUT2D eigenvalue weighted by Gasteiger charge is 2.38. The number of aliphatic hydroxyl groups is 1. The van der Waals surface area contributed by atoms with Gasteiger partial charge in [-0.15, -0.1) is 6.58 Å². The molecule has 0 aliphatic carbocycles. The van der Waals surface area contributed by atoms with Gasteiger partial charge in [-0.1, -0.05) is 32.8 Å². The fraction of sp³-hybridized carbons (Fsp3) is 0.818. The van der Waals surface area contributed by atoms with Crippen molar-refractivity contribution in [3.8, 4) is 0 Å². The molecule has 1 unspecified atom stereocenters. The monoisotopic (exact) mass is 184 g/mol. The summed E-state index contributed by atoms with van der Waals surface area (Å²) in [5.74, 6) is 0.515. The van der Waals surface area contributed by atoms with Crippen molar-refractivity contribution in [1.82, 2.24) is 0 Å². The minimum atomic E-state index is -0.630. The minimum absolute atomic E-state index is 0.113. The predicted molar refractivity (Wildman–Crippen MR) is 53.3 cm³/mol. The van der Waals surface area contributed by atoms with Crippen molar-refractivity contribution in [3.05, 3.63) is 12.7 Å². The molecule has 0 aromatic rings. The van der Waals surface area contributed by atoms with Gasteiger partial charge in [-0.2, -0.15) is 0 Å². The van der Waals surface area contributed by atoms with Gasteiger partial charge in [0.2, 0.25) is 0 Å². The van der Waals surface area contributed by atoms with E-state index in [1.165, 1.54) is 12.8 Å². The molecule has 0 spiro atoms. The minimum Gasteiger partial charge on any atom is -0.367 e. The van der Waals surface area contributed by atoms with Gasteiger partial charge >= 0.3 is 0 Å². The van der Waals surface area contributed by atoms with Crippen LogP contribution in [0.1, 0.15) is 33.1 Å². The zero-order valence-electron chi connectivity index (χ0n) is 8.57. The van der Waals surface area contributed by atoms with E-state index in [-0.39, 0.29) is 12.0 Å². The first-order valence-electron chi connectivity index (χ1n) is 5.16. The Morgan fingerprint density at radius 2 is 2.23 bits per heavy atom. The van der Waals surface area contributed by atoms with Crippen LogP contribution in [0.2, 0.25) is 0 Å². The van der Waals surface area contributed by atoms with Crippen LogP contribution >= 0.6 is 0 Å². The fourth-order valence-electron chi connectivity index (χ4n) is 1.97. The van der Waals surface area contributed by atoms with Crippen molar-refractivity contribution in [1.29, 1.82) is 0 Å². The first-order valence-corrected chi connectivity index (χ1v) is 5.16. The lowest BCUT2D eigenvalue weighted by Gasteiger charge is -2.15. The maximum atomic E-state index is 9.54. The summed E-state index contributed by atoms with van der Waals surface area (Å²) < 4.78 is 5.46. The van der Waals surface area contributed by atoms with E-state index in [0.717, 1.165) is 6.42 Å². The molecule has 0 bridgehead atoms. The van der Waals surface area contributed by atoms with Crippen LogP contribution in [0, 0.1) is 11.8 Å². The van der Waals surface area contributed by atoms with Crippen LogP contribution in [0.15, 0.2) is 12.7 Å². The first-order chi connectivity index (χ1) is 6.20. The van der Waals surface area contributed by atoms with Crippen molar-refractivity contribution < 1.29 is 9.84 Å². The molecule has 2 nitrogen and oxygen atoms in total. The lowest BCUT2D eigenvalue weighted by Crippen LogP contribution is -2.16. The number of hydrogen-bond acceptors (Lipinski definition) is 2. The van der Waals surface area contributed by atoms with Gasteiger partial charge in [0.15, 0.2) is 6.29 Å². The van der Waals surface area contributed by atoms with Crippen LogP contribution in [0.3, 0.4) is 0 Å². The summed E-state index contributed by atoms with van der Waals surface area (Å²) in [5.41, 5.74) is 0. The number of hydrogen-bond donors (Lipinski definition) is 1. The molecular weight excluding hydrogens is 164 g/mol. The van der Waals surface area contributed by atoms with Crippen LogP contribution in [0.5, 0.6) is 0 Å². The largest absolute Gasteiger partial charge is 0.367 e. The standard InChI is InChI=1S/C11H20O2/c1-4-6-7-10-8(3)9(5-2)11(12)13-10/h5,8-12H,2,4,6-7H2,1,3H3/t8-,9+,10-,11?/m1/s1. The van der Waals surface area contributed by atoms with Gasteiger partial charge < -0.3 is 9.84 Å². The third kappa shape index (κ3) is 2.32. The van der Waals surface area contributed by atoms with Crippen molar-refractivity contribution in [2.75, 3.05) is 0 Å². The molecule has 0 aromatic heterocycles. The first kappa shape index (κ1) is 10.7. The topological polar surface area (TPSA) is 29.5 Å². The van der Waals surface area contributed by atoms with Crippen molar-refractivity contribution in [2.24, 2.45) is 11.8 Å². The molecule has 13 heavy (non-hydrogen) atoms. The maximum Gasteiger partial charge on any atom is 0.161 e. The van der Waals surface area contributed by atoms with Crippen LogP contribution in [-0.2, 0) is 4.74 Å². The molecule has 1 N–H and O–H groups in total. The second-order valence-electron chi connectivity index (χ2n) is 3.88. The Labute approximate surface area is 80.6 Å². The molecule has 0 radical (unpaired) electrons. The summed E-state index contributed by atoms with van der Waals surface area (Å²) in [6.45, 7) is 8.01. The summed E-state index contributed by atoms with van der Waals surface area (Å²) in [4.78, 5) is 0. The predicted octanol–water partition coefficient (Wildman–Crippen LogP) is 2.33. The summed E-state index contributed by atoms with van der Waals surface area (Å²) in [7, 11) is 0. The second kappa shape index (κ2) is 4.77. The third-order valence-corrected chi connectivity index (χ3v) is 2.95. The van der Waals surface area contributed by atoms with E-state index in [1.54, 1.807) is 6.08 Å². The summed E-state index contributed by atoms with van der Waals surface area (Å²) in [6, 6.07) is 0. The smallest absolute Gasteiger partial charge is 0.161 e. The molecule has 1 saturated heterocycles. The third-order valence-electron chi connectivity index (χ3n) is 2.95. The molecule has 1 aliphatic rings. The fourth-order valence-corrected chi connectivity index (χ4v) is 1.97. The van der Waals surface area contributed by atoms with E-state index in [2.05, 4.69) is 20.4 Å². The lowest BCUT2D eigenvalue weighted by molar-refractivity contribution is -0.103. The maximum absolute atomic E-state index is 9.54. The Hall–Kier alpha value is -0.340. The quantitative estimate of drug-likeness (QED) is 0.679. The highest BCUT2D eigenvalue weighted by Crippen LogP contribution is 2.34. The Bertz CT molecular complexity index is 167. The van der Waals surface area contributed by atoms with Gasteiger partial charge in [-0.25, -0.2) is 0 Å². The van der Waals surface area contributed by atoms with Gasteiger partial charge in [-0.3, -0.25) is 0 Å². The molecule has 2 heteroatoms. The second-order valence-corrected chi connectivity index (χ2v) is 3.88. The Balaban J connectivity index is 2.46. The molecule has 1 rings (SSSR count). The normalized spacial score (nSPS) is 39.3. The molecule has 1 aliphatic heterocycles. The molecule has 76 valence electrons. The zero-order chi connectivity index (χ0) is 9.84. The van der Waals surface area contributed by atoms with Gasteiger partial charge in [0, 0.05) is 5.92 Å². The molecular formula is C11H20O2. The SMILES string of the molecule is C=C[C@@H]1C(O)O[C@H](CCCC)[C@@H]1C. The van der Waals surface area contributed by atoms with Crippen molar-refractivity contribution in [2.45, 2.75) is 45.5 Å². The van der Waals surface area contributed by atoms with Crippen molar-refractivity contribution in [3.63, 3.8) is 0 Å². The Morgan fingerprint density at radius 1 is 1.54 bits per heavy atom. The van der Waals surface area contributed by atoms with Gasteiger partial charge in [-0.05, 0) is 12.3 Å². The van der Waals surface area contributed by atoms with E-state index in [1.807, 2.05) is 0 Å². The summed E-state index contributed by atoms with van der Waals surface area (Å²) >= 11 is 0. The van der Waals surface area contributed by atoms with Crippen LogP contribution in [-0.4, -0.2) is 17.5 Å². The van der Waals surface area contributed by atoms with Gasteiger partial charge in [0.25, 0.3) is 0 Å². The lowest BCUT2D eigenvalue weighted by atomic mass is 9.90. The average molecular weight is 184 g/mol. The molecule has 0 aromatic carbocycles. The highest BCUT2D eigenvalue weighted by molar-refractivity contribution is 4.93. The molecule has 0 amide bonds. The van der Waals surface area contributed by atoms with E-state index in [0.29, 0.717) is 5.92 Å². The summed E-state index contributed by atoms with van der Waals surface area (Å²) in [5, 5.41) is 9.54. The van der Waals surface area contributed by atoms with Crippen LogP contribution in [0.25, 0.3) is 0 Å². The van der Waals surface area contributed by atoms with E-state index in [9.17, 15) is 5.11 Å². The number of unbranched alkanes of at least 4 members (excludes halogenated alkanes) is 1. The average Bonchev–Trinajstić information content (AvgIpc) is 2.38. The van der Waals surface area contributed by atoms with Crippen molar-refractivity contribution >= 4 is 0 Å². The molecule has 0 saturated carbocycles. The van der Waals surface area contributed by atoms with Gasteiger partial charge in [0.05, 0.1) is 6.10 Å². The number of ether oxygens (including phenoxy) is 1. The van der Waals surface area contributed by atoms with E-state index < -0.39 is 6.29 Å². The van der Waals surface area contributed by atoms with E-state index >= 15 is 0 Å². The highest BCUT2D eigenvalue weighted by atomic mass is 16.6. The molecule has 1 heterocycles. The molecule has 1 fully saturated rings. The summed E-state index contributed by atoms with van der Waals surface area (Å²) in [6.07, 6.45) is 4.81. The van der Waals surface area contributed by atoms with E-state index in [4.69, 9.17) is 4.74 Å². The Kier molecular flexibility index (Phi) is 3.94. The Morgan fingerprint density at radius 3 is 2.69 bits per heavy atom. The molecule has 4 atom stereocenters. The number of rotatable bonds is 4.